The fourth-order valence-electron chi connectivity index (χ4n) is 4.36. The topological polar surface area (TPSA) is 53.4 Å². The van der Waals surface area contributed by atoms with Gasteiger partial charge in [-0.3, -0.25) is 4.98 Å². The van der Waals surface area contributed by atoms with E-state index in [-0.39, 0.29) is 10.8 Å². The highest BCUT2D eigenvalue weighted by molar-refractivity contribution is 6.58. The molecule has 2 aromatic rings. The van der Waals surface area contributed by atoms with E-state index in [1.54, 1.807) is 12.3 Å². The normalized spacial score (nSPS) is 17.0. The zero-order valence-corrected chi connectivity index (χ0v) is 18.2. The Hall–Kier alpha value is -1.91. The Kier molecular flexibility index (Phi) is 5.33. The van der Waals surface area contributed by atoms with Crippen molar-refractivity contribution >= 4 is 18.2 Å². The first-order valence-corrected chi connectivity index (χ1v) is 10.1. The van der Waals surface area contributed by atoms with Crippen LogP contribution in [-0.2, 0) is 10.8 Å². The summed E-state index contributed by atoms with van der Waals surface area (Å²) in [6.07, 6.45) is 3.93. The number of rotatable bonds is 3. The number of hydrogen-bond donors (Lipinski definition) is 2. The van der Waals surface area contributed by atoms with Gasteiger partial charge in [0.05, 0.1) is 5.69 Å². The van der Waals surface area contributed by atoms with E-state index in [4.69, 9.17) is 0 Å². The molecule has 0 saturated heterocycles. The molecular weight excluding hydrogens is 345 g/mol. The van der Waals surface area contributed by atoms with Crippen LogP contribution in [0.1, 0.15) is 82.3 Å². The highest BCUT2D eigenvalue weighted by atomic mass is 16.4. The Balaban J connectivity index is 2.20. The van der Waals surface area contributed by atoms with Gasteiger partial charge in [-0.2, -0.15) is 0 Å². The van der Waals surface area contributed by atoms with Crippen LogP contribution in [-0.4, -0.2) is 22.2 Å². The van der Waals surface area contributed by atoms with Crippen LogP contribution in [0.5, 0.6) is 0 Å². The van der Waals surface area contributed by atoms with E-state index in [1.165, 1.54) is 40.7 Å². The van der Waals surface area contributed by atoms with E-state index in [9.17, 15) is 10.0 Å². The largest absolute Gasteiger partial charge is 0.490 e. The van der Waals surface area contributed by atoms with E-state index >= 15 is 0 Å². The summed E-state index contributed by atoms with van der Waals surface area (Å²) >= 11 is 0. The molecule has 0 amide bonds. The molecule has 0 spiro atoms. The maximum absolute atomic E-state index is 9.37. The van der Waals surface area contributed by atoms with Crippen molar-refractivity contribution in [2.75, 3.05) is 0 Å². The maximum Gasteiger partial charge on any atom is 0.490 e. The van der Waals surface area contributed by atoms with Gasteiger partial charge in [-0.1, -0.05) is 45.4 Å². The van der Waals surface area contributed by atoms with Gasteiger partial charge in [0.2, 0.25) is 0 Å². The molecule has 2 N–H and O–H groups in total. The fourth-order valence-corrected chi connectivity index (χ4v) is 4.36. The zero-order chi connectivity index (χ0) is 20.9. The molecule has 0 unspecified atom stereocenters. The van der Waals surface area contributed by atoms with Crippen LogP contribution < -0.4 is 5.46 Å². The number of fused-ring (bicyclic) bond motifs is 1. The molecule has 1 aromatic carbocycles. The van der Waals surface area contributed by atoms with Crippen LogP contribution >= 0.6 is 0 Å². The number of hydrogen-bond acceptors (Lipinski definition) is 3. The van der Waals surface area contributed by atoms with E-state index < -0.39 is 7.12 Å². The maximum atomic E-state index is 9.37. The Labute approximate surface area is 169 Å². The summed E-state index contributed by atoms with van der Waals surface area (Å²) in [5.74, 6) is 0. The smallest absolute Gasteiger partial charge is 0.423 e. The molecule has 3 rings (SSSR count). The Morgan fingerprint density at radius 2 is 1.54 bits per heavy atom. The first kappa shape index (κ1) is 20.8. The molecule has 0 aliphatic heterocycles. The first-order valence-electron chi connectivity index (χ1n) is 10.1. The van der Waals surface area contributed by atoms with Gasteiger partial charge in [0.1, 0.15) is 0 Å². The number of nitrogens with zero attached hydrogens (tertiary/aromatic N) is 1. The molecule has 0 saturated carbocycles. The molecule has 4 heteroatoms. The summed E-state index contributed by atoms with van der Waals surface area (Å²) in [6, 6.07) is 8.37. The minimum Gasteiger partial charge on any atom is -0.423 e. The third kappa shape index (κ3) is 3.68. The summed E-state index contributed by atoms with van der Waals surface area (Å²) < 4.78 is 0. The number of aryl methyl sites for hydroxylation is 1. The molecule has 1 aliphatic carbocycles. The lowest BCUT2D eigenvalue weighted by molar-refractivity contribution is 0.331. The third-order valence-corrected chi connectivity index (χ3v) is 6.31. The van der Waals surface area contributed by atoms with Crippen LogP contribution in [0.3, 0.4) is 0 Å². The minimum absolute atomic E-state index is 0.151. The van der Waals surface area contributed by atoms with Crippen LogP contribution in [0.4, 0.5) is 0 Å². The van der Waals surface area contributed by atoms with Crippen LogP contribution in [0.15, 0.2) is 36.0 Å². The second kappa shape index (κ2) is 7.16. The quantitative estimate of drug-likeness (QED) is 0.786. The van der Waals surface area contributed by atoms with E-state index in [2.05, 4.69) is 65.6 Å². The molecule has 0 radical (unpaired) electrons. The Bertz CT molecular complexity index is 920. The number of allylic oxidation sites excluding steroid dienone is 1. The summed E-state index contributed by atoms with van der Waals surface area (Å²) in [5.41, 5.74) is 9.30. The highest BCUT2D eigenvalue weighted by Crippen LogP contribution is 2.47. The minimum atomic E-state index is -1.50. The molecule has 0 fully saturated rings. The molecule has 1 heterocycles. The van der Waals surface area contributed by atoms with Gasteiger partial charge in [-0.25, -0.2) is 0 Å². The second-order valence-electron chi connectivity index (χ2n) is 9.71. The third-order valence-electron chi connectivity index (χ3n) is 6.31. The molecule has 1 aromatic heterocycles. The molecule has 3 nitrogen and oxygen atoms in total. The molecule has 0 atom stereocenters. The van der Waals surface area contributed by atoms with Crippen molar-refractivity contribution in [3.63, 3.8) is 0 Å². The van der Waals surface area contributed by atoms with Crippen LogP contribution in [0.2, 0.25) is 0 Å². The van der Waals surface area contributed by atoms with Gasteiger partial charge >= 0.3 is 7.12 Å². The van der Waals surface area contributed by atoms with Gasteiger partial charge in [0.25, 0.3) is 0 Å². The summed E-state index contributed by atoms with van der Waals surface area (Å²) in [6.45, 7) is 15.8. The van der Waals surface area contributed by atoms with Crippen molar-refractivity contribution in [2.45, 2.75) is 72.1 Å². The van der Waals surface area contributed by atoms with Crippen molar-refractivity contribution in [2.24, 2.45) is 0 Å². The van der Waals surface area contributed by atoms with Crippen LogP contribution in [0.25, 0.3) is 5.57 Å². The van der Waals surface area contributed by atoms with Gasteiger partial charge in [-0.05, 0) is 78.8 Å². The molecule has 0 bridgehead atoms. The van der Waals surface area contributed by atoms with Crippen LogP contribution in [0, 0.1) is 6.92 Å². The van der Waals surface area contributed by atoms with Crippen molar-refractivity contribution < 1.29 is 10.0 Å². The predicted molar refractivity (Wildman–Crippen MR) is 118 cm³/mol. The standard InChI is InChI=1S/C24H32BNO2/c1-15(2)22(21-9-8-17(14-26-21)25(27)28)18-13-20-19(12-16(18)3)23(4,5)10-11-24(20,6)7/h8-9,12-14,27-28H,10-11H2,1-7H3. The number of aromatic nitrogens is 1. The van der Waals surface area contributed by atoms with E-state index in [1.807, 2.05) is 6.07 Å². The SMILES string of the molecule is CC(C)=C(c1ccc(B(O)O)cn1)c1cc2c(cc1C)C(C)(C)CCC2(C)C. The van der Waals surface area contributed by atoms with E-state index in [0.29, 0.717) is 5.46 Å². The second-order valence-corrected chi connectivity index (χ2v) is 9.71. The molecular formula is C24H32BNO2. The number of benzene rings is 1. The van der Waals surface area contributed by atoms with Gasteiger partial charge < -0.3 is 10.0 Å². The molecule has 1 aliphatic rings. The van der Waals surface area contributed by atoms with Crippen molar-refractivity contribution in [3.05, 3.63) is 64.0 Å². The summed E-state index contributed by atoms with van der Waals surface area (Å²) in [4.78, 5) is 4.54. The van der Waals surface area contributed by atoms with Crippen molar-refractivity contribution in [3.8, 4) is 0 Å². The lowest BCUT2D eigenvalue weighted by Gasteiger charge is -2.42. The summed E-state index contributed by atoms with van der Waals surface area (Å²) in [5, 5.41) is 18.7. The van der Waals surface area contributed by atoms with Gasteiger partial charge in [0.15, 0.2) is 0 Å². The lowest BCUT2D eigenvalue weighted by Crippen LogP contribution is -2.34. The fraction of sp³-hybridized carbons (Fsp3) is 0.458. The first-order chi connectivity index (χ1) is 12.9. The average Bonchev–Trinajstić information content (AvgIpc) is 2.60. The van der Waals surface area contributed by atoms with E-state index in [0.717, 1.165) is 11.3 Å². The molecule has 148 valence electrons. The van der Waals surface area contributed by atoms with Crippen molar-refractivity contribution in [1.29, 1.82) is 0 Å². The van der Waals surface area contributed by atoms with Gasteiger partial charge in [0, 0.05) is 17.2 Å². The monoisotopic (exact) mass is 377 g/mol. The predicted octanol–water partition coefficient (Wildman–Crippen LogP) is 4.26. The number of pyridine rings is 1. The Morgan fingerprint density at radius 3 is 2.00 bits per heavy atom. The van der Waals surface area contributed by atoms with Gasteiger partial charge in [-0.15, -0.1) is 0 Å². The lowest BCUT2D eigenvalue weighted by atomic mass is 9.62. The Morgan fingerprint density at radius 1 is 0.964 bits per heavy atom. The summed E-state index contributed by atoms with van der Waals surface area (Å²) in [7, 11) is -1.50. The zero-order valence-electron chi connectivity index (χ0n) is 18.2. The van der Waals surface area contributed by atoms with Crippen molar-refractivity contribution in [1.82, 2.24) is 4.98 Å². The average molecular weight is 377 g/mol. The highest BCUT2D eigenvalue weighted by Gasteiger charge is 2.37. The molecule has 28 heavy (non-hydrogen) atoms.